The quantitative estimate of drug-likeness (QED) is 0.404. The van der Waals surface area contributed by atoms with Crippen molar-refractivity contribution in [3.05, 3.63) is 94.5 Å². The molecule has 2 heterocycles. The van der Waals surface area contributed by atoms with E-state index in [9.17, 15) is 14.0 Å². The summed E-state index contributed by atoms with van der Waals surface area (Å²) in [7, 11) is 1.56. The molecule has 0 fully saturated rings. The highest BCUT2D eigenvalue weighted by Crippen LogP contribution is 2.34. The lowest BCUT2D eigenvalue weighted by Gasteiger charge is -2.37. The van der Waals surface area contributed by atoms with E-state index in [1.807, 2.05) is 11.4 Å². The predicted octanol–water partition coefficient (Wildman–Crippen LogP) is 4.73. The molecule has 1 aliphatic rings. The second-order valence-corrected chi connectivity index (χ2v) is 9.12. The first-order valence-electron chi connectivity index (χ1n) is 11.3. The minimum absolute atomic E-state index is 0.0905. The molecule has 0 saturated heterocycles. The third kappa shape index (κ3) is 5.71. The van der Waals surface area contributed by atoms with Crippen LogP contribution in [0.2, 0.25) is 0 Å². The van der Waals surface area contributed by atoms with Crippen LogP contribution in [-0.2, 0) is 11.2 Å². The number of benzene rings is 2. The average Bonchev–Trinajstić information content (AvgIpc) is 3.36. The number of amides is 2. The Hall–Kier alpha value is -3.65. The van der Waals surface area contributed by atoms with Crippen molar-refractivity contribution >= 4 is 23.2 Å². The van der Waals surface area contributed by atoms with Gasteiger partial charge < -0.3 is 19.3 Å². The summed E-state index contributed by atoms with van der Waals surface area (Å²) in [6.07, 6.45) is 2.34. The summed E-state index contributed by atoms with van der Waals surface area (Å²) < 4.78 is 24.7. The summed E-state index contributed by atoms with van der Waals surface area (Å²) in [5, 5.41) is 2.01. The first kappa shape index (κ1) is 24.5. The fraction of sp³-hybridized carbons (Fsp3) is 0.259. The monoisotopic (exact) mass is 494 g/mol. The molecule has 3 aromatic rings. The highest BCUT2D eigenvalue weighted by Gasteiger charge is 2.33. The van der Waals surface area contributed by atoms with Crippen molar-refractivity contribution in [1.29, 1.82) is 0 Å². The summed E-state index contributed by atoms with van der Waals surface area (Å²) in [6, 6.07) is 14.4. The van der Waals surface area contributed by atoms with Gasteiger partial charge in [-0.1, -0.05) is 12.1 Å². The van der Waals surface area contributed by atoms with Gasteiger partial charge in [-0.25, -0.2) is 4.39 Å². The number of carbonyl (C=O) groups is 2. The van der Waals surface area contributed by atoms with Crippen LogP contribution in [-0.4, -0.2) is 55.0 Å². The molecule has 4 rings (SSSR count). The van der Waals surface area contributed by atoms with E-state index in [1.54, 1.807) is 65.8 Å². The van der Waals surface area contributed by atoms with Crippen molar-refractivity contribution in [2.75, 3.05) is 33.4 Å². The van der Waals surface area contributed by atoms with Crippen molar-refractivity contribution in [3.8, 4) is 11.5 Å². The van der Waals surface area contributed by atoms with Crippen LogP contribution in [0, 0.1) is 5.82 Å². The maximum Gasteiger partial charge on any atom is 0.254 e. The highest BCUT2D eigenvalue weighted by atomic mass is 32.1. The largest absolute Gasteiger partial charge is 0.497 e. The molecule has 0 radical (unpaired) electrons. The molecule has 182 valence electrons. The number of carbonyl (C=O) groups excluding carboxylic acids is 2. The average molecular weight is 495 g/mol. The first-order valence-corrected chi connectivity index (χ1v) is 12.2. The van der Waals surface area contributed by atoms with Gasteiger partial charge in [-0.3, -0.25) is 9.59 Å². The molecule has 1 atom stereocenters. The van der Waals surface area contributed by atoms with Gasteiger partial charge in [-0.15, -0.1) is 17.9 Å². The highest BCUT2D eigenvalue weighted by molar-refractivity contribution is 7.10. The lowest BCUT2D eigenvalue weighted by molar-refractivity contribution is -0.135. The Balaban J connectivity index is 1.51. The third-order valence-corrected chi connectivity index (χ3v) is 6.92. The van der Waals surface area contributed by atoms with Crippen LogP contribution in [0.5, 0.6) is 11.5 Å². The number of halogens is 1. The summed E-state index contributed by atoms with van der Waals surface area (Å²) in [5.41, 5.74) is 1.49. The Morgan fingerprint density at radius 1 is 1.20 bits per heavy atom. The van der Waals surface area contributed by atoms with E-state index in [0.29, 0.717) is 23.6 Å². The van der Waals surface area contributed by atoms with Crippen LogP contribution in [0.4, 0.5) is 4.39 Å². The molecule has 1 aromatic heterocycles. The minimum atomic E-state index is -0.382. The SMILES string of the molecule is C=CCN(CC(=O)N1CCc2sccc2[C@H]1COc1cccc(F)c1)C(=O)c1ccc(OC)cc1. The molecule has 0 aliphatic carbocycles. The molecule has 8 heteroatoms. The van der Waals surface area contributed by atoms with Crippen LogP contribution in [0.25, 0.3) is 0 Å². The van der Waals surface area contributed by atoms with Gasteiger partial charge in [0.05, 0.1) is 13.2 Å². The van der Waals surface area contributed by atoms with Gasteiger partial charge in [-0.05, 0) is 59.8 Å². The number of hydrogen-bond donors (Lipinski definition) is 0. The number of nitrogens with zero attached hydrogens (tertiary/aromatic N) is 2. The predicted molar refractivity (Wildman–Crippen MR) is 133 cm³/mol. The Bertz CT molecular complexity index is 1190. The summed E-state index contributed by atoms with van der Waals surface area (Å²) >= 11 is 1.65. The maximum absolute atomic E-state index is 13.6. The molecule has 35 heavy (non-hydrogen) atoms. The van der Waals surface area contributed by atoms with Crippen LogP contribution >= 0.6 is 11.3 Å². The van der Waals surface area contributed by atoms with Crippen LogP contribution in [0.3, 0.4) is 0 Å². The molecular formula is C27H27FN2O4S. The van der Waals surface area contributed by atoms with E-state index >= 15 is 0 Å². The van der Waals surface area contributed by atoms with Gasteiger partial charge in [0.25, 0.3) is 5.91 Å². The zero-order valence-corrected chi connectivity index (χ0v) is 20.3. The van der Waals surface area contributed by atoms with Gasteiger partial charge in [0.2, 0.25) is 5.91 Å². The zero-order chi connectivity index (χ0) is 24.8. The van der Waals surface area contributed by atoms with Gasteiger partial charge in [0.1, 0.15) is 30.5 Å². The Labute approximate surface area is 208 Å². The van der Waals surface area contributed by atoms with E-state index in [1.165, 1.54) is 21.9 Å². The molecule has 1 aliphatic heterocycles. The Kier molecular flexibility index (Phi) is 7.82. The van der Waals surface area contributed by atoms with Crippen molar-refractivity contribution in [1.82, 2.24) is 9.80 Å². The fourth-order valence-corrected chi connectivity index (χ4v) is 5.08. The zero-order valence-electron chi connectivity index (χ0n) is 19.5. The van der Waals surface area contributed by atoms with Crippen molar-refractivity contribution in [2.45, 2.75) is 12.5 Å². The maximum atomic E-state index is 13.6. The molecule has 0 saturated carbocycles. The van der Waals surface area contributed by atoms with E-state index in [0.717, 1.165) is 12.0 Å². The number of hydrogen-bond acceptors (Lipinski definition) is 5. The van der Waals surface area contributed by atoms with E-state index < -0.39 is 0 Å². The molecular weight excluding hydrogens is 467 g/mol. The van der Waals surface area contributed by atoms with Crippen molar-refractivity contribution in [2.24, 2.45) is 0 Å². The van der Waals surface area contributed by atoms with Gasteiger partial charge >= 0.3 is 0 Å². The van der Waals surface area contributed by atoms with Gasteiger partial charge in [0, 0.05) is 29.6 Å². The number of fused-ring (bicyclic) bond motifs is 1. The van der Waals surface area contributed by atoms with Gasteiger partial charge in [0.15, 0.2) is 0 Å². The van der Waals surface area contributed by atoms with E-state index in [-0.39, 0.29) is 43.4 Å². The van der Waals surface area contributed by atoms with E-state index in [4.69, 9.17) is 9.47 Å². The van der Waals surface area contributed by atoms with Crippen LogP contribution in [0.1, 0.15) is 26.8 Å². The van der Waals surface area contributed by atoms with Crippen LogP contribution < -0.4 is 9.47 Å². The van der Waals surface area contributed by atoms with Crippen LogP contribution in [0.15, 0.2) is 72.6 Å². The third-order valence-electron chi connectivity index (χ3n) is 5.92. The summed E-state index contributed by atoms with van der Waals surface area (Å²) in [5.74, 6) is 0.226. The standard InChI is InChI=1S/C27H27FN2O4S/c1-3-13-29(27(32)19-7-9-21(33-2)10-8-19)17-26(31)30-14-11-25-23(12-15-35-25)24(30)18-34-22-6-4-5-20(28)16-22/h3-10,12,15-16,24H,1,11,13-14,17-18H2,2H3/t24-/m1/s1. The molecule has 2 aromatic carbocycles. The molecule has 6 nitrogen and oxygen atoms in total. The normalized spacial score (nSPS) is 14.7. The second-order valence-electron chi connectivity index (χ2n) is 8.12. The lowest BCUT2D eigenvalue weighted by atomic mass is 10.0. The molecule has 0 spiro atoms. The number of thiophene rings is 1. The Morgan fingerprint density at radius 3 is 2.71 bits per heavy atom. The molecule has 2 amide bonds. The second kappa shape index (κ2) is 11.2. The fourth-order valence-electron chi connectivity index (χ4n) is 4.15. The molecule has 0 unspecified atom stereocenters. The number of methoxy groups -OCH3 is 1. The molecule has 0 N–H and O–H groups in total. The minimum Gasteiger partial charge on any atom is -0.497 e. The van der Waals surface area contributed by atoms with Crippen molar-refractivity contribution in [3.63, 3.8) is 0 Å². The smallest absolute Gasteiger partial charge is 0.254 e. The van der Waals surface area contributed by atoms with E-state index in [2.05, 4.69) is 6.58 Å². The summed E-state index contributed by atoms with van der Waals surface area (Å²) in [6.45, 7) is 4.59. The first-order chi connectivity index (χ1) is 17.0. The number of ether oxygens (including phenoxy) is 2. The number of rotatable bonds is 9. The topological polar surface area (TPSA) is 59.1 Å². The lowest BCUT2D eigenvalue weighted by Crippen LogP contribution is -2.47. The molecule has 0 bridgehead atoms. The van der Waals surface area contributed by atoms with Crippen molar-refractivity contribution < 1.29 is 23.5 Å². The van der Waals surface area contributed by atoms with Gasteiger partial charge in [-0.2, -0.15) is 0 Å². The summed E-state index contributed by atoms with van der Waals surface area (Å²) in [4.78, 5) is 31.1. The Morgan fingerprint density at radius 2 is 2.00 bits per heavy atom.